The molecule has 4 atom stereocenters. The molecule has 0 heterocycles. The summed E-state index contributed by atoms with van der Waals surface area (Å²) in [5.41, 5.74) is 4.32. The number of hydrogen-bond donors (Lipinski definition) is 0. The van der Waals surface area contributed by atoms with Crippen LogP contribution in [0.25, 0.3) is 0 Å². The molecular weight excluding hydrogens is 460 g/mol. The van der Waals surface area contributed by atoms with Crippen molar-refractivity contribution in [3.05, 3.63) is 58.7 Å². The van der Waals surface area contributed by atoms with Crippen molar-refractivity contribution in [3.63, 3.8) is 0 Å². The minimum Gasteiger partial charge on any atom is -0.426 e. The van der Waals surface area contributed by atoms with Crippen LogP contribution in [-0.4, -0.2) is 11.9 Å². The van der Waals surface area contributed by atoms with Crippen LogP contribution in [0.5, 0.6) is 11.5 Å². The Hall–Kier alpha value is -2.62. The normalized spacial score (nSPS) is 22.9. The average Bonchev–Trinajstić information content (AvgIpc) is 3.45. The summed E-state index contributed by atoms with van der Waals surface area (Å²) in [6, 6.07) is 12.4. The summed E-state index contributed by atoms with van der Waals surface area (Å²) in [5.74, 6) is 1.28. The Labute approximate surface area is 223 Å². The van der Waals surface area contributed by atoms with Gasteiger partial charge in [-0.15, -0.1) is 0 Å². The maximum absolute atomic E-state index is 13.7. The smallest absolute Gasteiger partial charge is 0.315 e. The molecule has 2 fully saturated rings. The Morgan fingerprint density at radius 1 is 0.622 bits per heavy atom. The van der Waals surface area contributed by atoms with E-state index in [1.807, 2.05) is 12.1 Å². The number of ether oxygens (including phenoxy) is 2. The van der Waals surface area contributed by atoms with Crippen LogP contribution in [0, 0.1) is 23.7 Å². The van der Waals surface area contributed by atoms with E-state index in [2.05, 4.69) is 79.7 Å². The molecule has 0 N–H and O–H groups in total. The van der Waals surface area contributed by atoms with Crippen LogP contribution < -0.4 is 9.47 Å². The Balaban J connectivity index is 1.61. The third kappa shape index (κ3) is 5.63. The molecule has 2 aliphatic rings. The predicted molar refractivity (Wildman–Crippen MR) is 148 cm³/mol. The van der Waals surface area contributed by atoms with Crippen molar-refractivity contribution in [2.45, 2.75) is 98.3 Å². The summed E-state index contributed by atoms with van der Waals surface area (Å²) in [7, 11) is 0. The van der Waals surface area contributed by atoms with E-state index in [1.54, 1.807) is 0 Å². The Kier molecular flexibility index (Phi) is 8.16. The van der Waals surface area contributed by atoms with Gasteiger partial charge >= 0.3 is 11.9 Å². The van der Waals surface area contributed by atoms with Gasteiger partial charge in [-0.25, -0.2) is 0 Å². The summed E-state index contributed by atoms with van der Waals surface area (Å²) >= 11 is 0. The summed E-state index contributed by atoms with van der Waals surface area (Å²) in [6.07, 6.45) is 2.83. The van der Waals surface area contributed by atoms with E-state index >= 15 is 0 Å². The number of fused-ring (bicyclic) bond motifs is 2. The zero-order valence-corrected chi connectivity index (χ0v) is 23.8. The average molecular weight is 505 g/mol. The first-order chi connectivity index (χ1) is 17.5. The second kappa shape index (κ2) is 11.0. The van der Waals surface area contributed by atoms with Gasteiger partial charge in [-0.3, -0.25) is 9.59 Å². The van der Waals surface area contributed by atoms with Crippen LogP contribution in [0.4, 0.5) is 0 Å². The maximum atomic E-state index is 13.7. The standard InChI is InChI=1S/C33H44O4/c1-18(2)22-11-13-26(20(5)6)28(16-22)36-32(34)30-24-9-10-25(15-24)31(30)33(35)37-29-17-23(19(3)4)12-14-27(29)21(7)8/h11-14,16-21,24-25,30-31H,9-10,15H2,1-8H3. The Morgan fingerprint density at radius 2 is 1.00 bits per heavy atom. The Bertz CT molecular complexity index is 1050. The highest BCUT2D eigenvalue weighted by Crippen LogP contribution is 2.53. The van der Waals surface area contributed by atoms with Crippen molar-refractivity contribution in [1.82, 2.24) is 0 Å². The van der Waals surface area contributed by atoms with Gasteiger partial charge in [0, 0.05) is 0 Å². The molecule has 2 aromatic rings. The molecule has 2 saturated carbocycles. The summed E-state index contributed by atoms with van der Waals surface area (Å²) in [4.78, 5) is 27.4. The summed E-state index contributed by atoms with van der Waals surface area (Å²) < 4.78 is 12.3. The molecule has 4 heteroatoms. The van der Waals surface area contributed by atoms with Crippen molar-refractivity contribution >= 4 is 11.9 Å². The van der Waals surface area contributed by atoms with Crippen LogP contribution >= 0.6 is 0 Å². The predicted octanol–water partition coefficient (Wildman–Crippen LogP) is 8.35. The number of carbonyl (C=O) groups is 2. The summed E-state index contributed by atoms with van der Waals surface area (Å²) in [6.45, 7) is 17.0. The Morgan fingerprint density at radius 3 is 1.32 bits per heavy atom. The highest BCUT2D eigenvalue weighted by Gasteiger charge is 2.55. The third-order valence-corrected chi connectivity index (χ3v) is 8.53. The van der Waals surface area contributed by atoms with Gasteiger partial charge in [-0.2, -0.15) is 0 Å². The highest BCUT2D eigenvalue weighted by atomic mass is 16.5. The van der Waals surface area contributed by atoms with Crippen molar-refractivity contribution in [2.24, 2.45) is 23.7 Å². The quantitative estimate of drug-likeness (QED) is 0.268. The number of esters is 2. The molecule has 2 aromatic carbocycles. The zero-order chi connectivity index (χ0) is 27.0. The first-order valence-electron chi connectivity index (χ1n) is 14.2. The molecule has 0 spiro atoms. The van der Waals surface area contributed by atoms with E-state index in [0.29, 0.717) is 23.3 Å². The van der Waals surface area contributed by atoms with Crippen molar-refractivity contribution in [1.29, 1.82) is 0 Å². The second-order valence-corrected chi connectivity index (χ2v) is 12.4. The topological polar surface area (TPSA) is 52.6 Å². The molecule has 37 heavy (non-hydrogen) atoms. The van der Waals surface area contributed by atoms with Crippen molar-refractivity contribution in [3.8, 4) is 11.5 Å². The van der Waals surface area contributed by atoms with Gasteiger partial charge in [-0.05, 0) is 89.2 Å². The van der Waals surface area contributed by atoms with E-state index in [4.69, 9.17) is 9.47 Å². The van der Waals surface area contributed by atoms with E-state index < -0.39 is 11.8 Å². The minimum atomic E-state index is -0.454. The van der Waals surface area contributed by atoms with Crippen molar-refractivity contribution in [2.75, 3.05) is 0 Å². The van der Waals surface area contributed by atoms with E-state index in [-0.39, 0.29) is 35.6 Å². The molecule has 2 aliphatic carbocycles. The van der Waals surface area contributed by atoms with Gasteiger partial charge in [0.25, 0.3) is 0 Å². The minimum absolute atomic E-state index is 0.178. The van der Waals surface area contributed by atoms with Gasteiger partial charge < -0.3 is 9.47 Å². The molecule has 0 aromatic heterocycles. The lowest BCUT2D eigenvalue weighted by atomic mass is 9.79. The van der Waals surface area contributed by atoms with Crippen LogP contribution in [0.3, 0.4) is 0 Å². The van der Waals surface area contributed by atoms with Gasteiger partial charge in [0.15, 0.2) is 0 Å². The van der Waals surface area contributed by atoms with Crippen LogP contribution in [-0.2, 0) is 9.59 Å². The third-order valence-electron chi connectivity index (χ3n) is 8.53. The molecular formula is C33H44O4. The molecule has 4 rings (SSSR count). The molecule has 0 radical (unpaired) electrons. The lowest BCUT2D eigenvalue weighted by Crippen LogP contribution is -2.39. The molecule has 0 amide bonds. The largest absolute Gasteiger partial charge is 0.426 e. The van der Waals surface area contributed by atoms with E-state index in [0.717, 1.165) is 41.5 Å². The van der Waals surface area contributed by atoms with Gasteiger partial charge in [-0.1, -0.05) is 79.7 Å². The number of hydrogen-bond acceptors (Lipinski definition) is 4. The maximum Gasteiger partial charge on any atom is 0.315 e. The lowest BCUT2D eigenvalue weighted by Gasteiger charge is -2.29. The molecule has 200 valence electrons. The van der Waals surface area contributed by atoms with Gasteiger partial charge in [0.1, 0.15) is 11.5 Å². The summed E-state index contributed by atoms with van der Waals surface area (Å²) in [5, 5.41) is 0. The van der Waals surface area contributed by atoms with E-state index in [9.17, 15) is 9.59 Å². The van der Waals surface area contributed by atoms with Crippen LogP contribution in [0.2, 0.25) is 0 Å². The lowest BCUT2D eigenvalue weighted by molar-refractivity contribution is -0.153. The molecule has 4 unspecified atom stereocenters. The first-order valence-corrected chi connectivity index (χ1v) is 14.2. The zero-order valence-electron chi connectivity index (χ0n) is 23.8. The van der Waals surface area contributed by atoms with Gasteiger partial charge in [0.2, 0.25) is 0 Å². The second-order valence-electron chi connectivity index (χ2n) is 12.4. The monoisotopic (exact) mass is 504 g/mol. The molecule has 0 saturated heterocycles. The fourth-order valence-corrected chi connectivity index (χ4v) is 6.27. The number of benzene rings is 2. The van der Waals surface area contributed by atoms with Crippen molar-refractivity contribution < 1.29 is 19.1 Å². The fraction of sp³-hybridized carbons (Fsp3) is 0.576. The van der Waals surface area contributed by atoms with Crippen LogP contribution in [0.15, 0.2) is 36.4 Å². The molecule has 4 nitrogen and oxygen atoms in total. The SMILES string of the molecule is CC(C)c1ccc(C(C)C)c(OC(=O)C2C3CCC(C3)C2C(=O)Oc2cc(C(C)C)ccc2C(C)C)c1. The van der Waals surface area contributed by atoms with Gasteiger partial charge in [0.05, 0.1) is 11.8 Å². The fourth-order valence-electron chi connectivity index (χ4n) is 6.27. The number of rotatable bonds is 8. The molecule has 2 bridgehead atoms. The first kappa shape index (κ1) is 27.4. The van der Waals surface area contributed by atoms with Crippen LogP contribution in [0.1, 0.15) is 121 Å². The highest BCUT2D eigenvalue weighted by molar-refractivity contribution is 5.86. The van der Waals surface area contributed by atoms with E-state index in [1.165, 1.54) is 0 Å². The number of carbonyl (C=O) groups excluding carboxylic acids is 2. The molecule has 0 aliphatic heterocycles.